The Morgan fingerprint density at radius 2 is 1.90 bits per heavy atom. The first-order valence-electron chi connectivity index (χ1n) is 13.3. The smallest absolute Gasteiger partial charge is 0.298 e. The molecule has 1 N–H and O–H groups in total. The van der Waals surface area contributed by atoms with Crippen LogP contribution < -0.4 is 10.2 Å². The average molecular weight is 559 g/mol. The largest absolute Gasteiger partial charge is 0.372 e. The lowest BCUT2D eigenvalue weighted by molar-refractivity contribution is -0.107. The Morgan fingerprint density at radius 3 is 2.62 bits per heavy atom. The number of ether oxygens (including phenoxy) is 1. The summed E-state index contributed by atoms with van der Waals surface area (Å²) < 4.78 is 31.5. The molecule has 3 atom stereocenters. The summed E-state index contributed by atoms with van der Waals surface area (Å²) in [5.74, 6) is -1.34. The minimum Gasteiger partial charge on any atom is -0.372 e. The number of rotatable bonds is 7. The molecule has 11 heteroatoms. The summed E-state index contributed by atoms with van der Waals surface area (Å²) in [4.78, 5) is 26.9. The molecule has 0 aromatic carbocycles. The molecule has 2 saturated heterocycles. The predicted octanol–water partition coefficient (Wildman–Crippen LogP) is 4.59. The van der Waals surface area contributed by atoms with E-state index in [1.807, 2.05) is 43.4 Å². The van der Waals surface area contributed by atoms with Gasteiger partial charge in [-0.2, -0.15) is 8.78 Å². The highest BCUT2D eigenvalue weighted by Crippen LogP contribution is 2.25. The molecular weight excluding hydrogens is 522 g/mol. The molecule has 0 saturated carbocycles. The van der Waals surface area contributed by atoms with Gasteiger partial charge in [0.1, 0.15) is 12.1 Å². The summed E-state index contributed by atoms with van der Waals surface area (Å²) in [5.41, 5.74) is 3.18. The summed E-state index contributed by atoms with van der Waals surface area (Å²) in [6, 6.07) is 12.2. The van der Waals surface area contributed by atoms with Crippen LogP contribution in [0, 0.1) is 0 Å². The van der Waals surface area contributed by atoms with E-state index < -0.39 is 5.76 Å². The molecule has 5 rings (SSSR count). The van der Waals surface area contributed by atoms with E-state index in [1.54, 1.807) is 10.5 Å². The number of morpholine rings is 1. The van der Waals surface area contributed by atoms with Gasteiger partial charge in [-0.3, -0.25) is 4.98 Å². The van der Waals surface area contributed by atoms with Crippen molar-refractivity contribution in [1.29, 1.82) is 0 Å². The molecule has 2 aliphatic heterocycles. The van der Waals surface area contributed by atoms with E-state index in [-0.39, 0.29) is 12.2 Å². The molecule has 210 valence electrons. The van der Waals surface area contributed by atoms with Crippen LogP contribution in [0.2, 0.25) is 0 Å². The Balaban J connectivity index is 0.000000247. The molecule has 3 aromatic heterocycles. The molecule has 3 unspecified atom stereocenters. The predicted molar refractivity (Wildman–Crippen MR) is 152 cm³/mol. The third-order valence-corrected chi connectivity index (χ3v) is 7.47. The van der Waals surface area contributed by atoms with E-state index in [0.29, 0.717) is 24.4 Å². The van der Waals surface area contributed by atoms with Gasteiger partial charge in [-0.15, -0.1) is 0 Å². The number of alkyl halides is 2. The van der Waals surface area contributed by atoms with Crippen molar-refractivity contribution in [3.63, 3.8) is 0 Å². The second-order valence-corrected chi connectivity index (χ2v) is 10.9. The van der Waals surface area contributed by atoms with Gasteiger partial charge in [0.15, 0.2) is 0 Å². The first-order chi connectivity index (χ1) is 18.8. The van der Waals surface area contributed by atoms with Gasteiger partial charge in [-0.05, 0) is 76.0 Å². The Morgan fingerprint density at radius 1 is 1.13 bits per heavy atom. The topological polar surface area (TPSA) is 83.5 Å². The van der Waals surface area contributed by atoms with Gasteiger partial charge in [-0.25, -0.2) is 14.3 Å². The van der Waals surface area contributed by atoms with Gasteiger partial charge in [0, 0.05) is 55.9 Å². The summed E-state index contributed by atoms with van der Waals surface area (Å²) in [5, 5.41) is 4.05. The maximum atomic E-state index is 12.0. The van der Waals surface area contributed by atoms with Crippen LogP contribution in [0.5, 0.6) is 0 Å². The molecule has 0 aliphatic carbocycles. The number of aromatic nitrogens is 3. The number of aldehydes is 1. The van der Waals surface area contributed by atoms with E-state index in [1.165, 1.54) is 0 Å². The zero-order valence-corrected chi connectivity index (χ0v) is 23.4. The molecule has 2 fully saturated rings. The first-order valence-corrected chi connectivity index (χ1v) is 14.1. The van der Waals surface area contributed by atoms with Crippen LogP contribution in [0.15, 0.2) is 42.6 Å². The van der Waals surface area contributed by atoms with E-state index in [0.717, 1.165) is 79.1 Å². The minimum atomic E-state index is -2.28. The van der Waals surface area contributed by atoms with Crippen molar-refractivity contribution in [3.05, 3.63) is 48.3 Å². The van der Waals surface area contributed by atoms with Crippen LogP contribution >= 0.6 is 11.9 Å². The summed E-state index contributed by atoms with van der Waals surface area (Å²) in [6.45, 7) is 7.34. The Labute approximate surface area is 232 Å². The monoisotopic (exact) mass is 558 g/mol. The van der Waals surface area contributed by atoms with Gasteiger partial charge >= 0.3 is 0 Å². The van der Waals surface area contributed by atoms with Crippen molar-refractivity contribution in [1.82, 2.24) is 24.6 Å². The van der Waals surface area contributed by atoms with Gasteiger partial charge in [-0.1, -0.05) is 6.07 Å². The summed E-state index contributed by atoms with van der Waals surface area (Å²) in [6.07, 6.45) is 5.37. The maximum absolute atomic E-state index is 12.0. The van der Waals surface area contributed by atoms with Crippen LogP contribution in [0.1, 0.15) is 32.4 Å². The number of carbonyl (C=O) groups is 1. The molecule has 0 bridgehead atoms. The Bertz CT molecular complexity index is 1230. The fourth-order valence-electron chi connectivity index (χ4n) is 4.89. The van der Waals surface area contributed by atoms with E-state index in [2.05, 4.69) is 29.0 Å². The quantitative estimate of drug-likeness (QED) is 0.331. The summed E-state index contributed by atoms with van der Waals surface area (Å²) >= 11 is 0.654. The third-order valence-electron chi connectivity index (χ3n) is 6.68. The number of fused-ring (bicyclic) bond motifs is 1. The zero-order chi connectivity index (χ0) is 27.8. The molecule has 8 nitrogen and oxygen atoms in total. The van der Waals surface area contributed by atoms with Gasteiger partial charge < -0.3 is 19.7 Å². The number of nitrogens with zero attached hydrogens (tertiary/aromatic N) is 5. The average Bonchev–Trinajstić information content (AvgIpc) is 2.92. The van der Waals surface area contributed by atoms with Gasteiger partial charge in [0.2, 0.25) is 0 Å². The molecule has 3 aromatic rings. The maximum Gasteiger partial charge on any atom is 0.298 e. The molecule has 0 radical (unpaired) electrons. The number of pyridine rings is 3. The molecule has 39 heavy (non-hydrogen) atoms. The fraction of sp³-hybridized carbons (Fsp3) is 0.500. The van der Waals surface area contributed by atoms with Crippen molar-refractivity contribution < 1.29 is 18.3 Å². The Kier molecular flexibility index (Phi) is 10.6. The third kappa shape index (κ3) is 8.38. The number of likely N-dealkylation sites (N-methyl/N-ethyl adjacent to an activating group) is 1. The number of nitrogens with one attached hydrogen (secondary N) is 1. The lowest BCUT2D eigenvalue weighted by Gasteiger charge is -2.36. The standard InChI is InChI=1S/C21H22N4O2.C7H14F2N2S/c1-14-12-25(13-15(2)27-14)21-5-3-4-18(24-21)19-7-6-16-11-22-17(8-9-26)10-20(16)23-19;1-10-6-3-2-4-11(5-6)12-7(8)9/h3-7,9-11,14-15H,8,12-13H2,1-2H3;6-7,10H,2-5H2,1H3. The minimum absolute atomic E-state index is 0.182. The van der Waals surface area contributed by atoms with Crippen molar-refractivity contribution in [3.8, 4) is 11.4 Å². The van der Waals surface area contributed by atoms with E-state index in [4.69, 9.17) is 14.7 Å². The number of anilines is 1. The molecular formula is C28H36F2N6O2S. The lowest BCUT2D eigenvalue weighted by atomic mass is 10.1. The number of hydrogen-bond donors (Lipinski definition) is 1. The zero-order valence-electron chi connectivity index (χ0n) is 22.6. The number of hydrogen-bond acceptors (Lipinski definition) is 9. The molecule has 0 spiro atoms. The first kappa shape index (κ1) is 29.3. The second-order valence-electron chi connectivity index (χ2n) is 9.86. The number of carbonyl (C=O) groups excluding carboxylic acids is 1. The van der Waals surface area contributed by atoms with Crippen LogP contribution in [0.4, 0.5) is 14.6 Å². The Hall–Kier alpha value is -2.73. The highest BCUT2D eigenvalue weighted by atomic mass is 32.2. The lowest BCUT2D eigenvalue weighted by Crippen LogP contribution is -2.45. The van der Waals surface area contributed by atoms with Crippen LogP contribution in [-0.4, -0.2) is 82.8 Å². The molecule has 5 heterocycles. The van der Waals surface area contributed by atoms with Gasteiger partial charge in [0.05, 0.1) is 29.1 Å². The summed E-state index contributed by atoms with van der Waals surface area (Å²) in [7, 11) is 1.88. The molecule has 2 aliphatic rings. The van der Waals surface area contributed by atoms with Crippen molar-refractivity contribution in [2.24, 2.45) is 0 Å². The number of halogens is 2. The fourth-order valence-corrected chi connectivity index (χ4v) is 5.62. The van der Waals surface area contributed by atoms with Crippen molar-refractivity contribution in [2.45, 2.75) is 57.1 Å². The van der Waals surface area contributed by atoms with Crippen molar-refractivity contribution in [2.75, 3.05) is 38.1 Å². The van der Waals surface area contributed by atoms with Crippen molar-refractivity contribution >= 4 is 35.0 Å². The van der Waals surface area contributed by atoms with Crippen LogP contribution in [-0.2, 0) is 16.0 Å². The number of piperidine rings is 1. The second kappa shape index (κ2) is 14.1. The highest BCUT2D eigenvalue weighted by molar-refractivity contribution is 7.97. The SMILES string of the molecule is CC1CN(c2cccc(-c3ccc4cnc(CC=O)cc4n3)n2)CC(C)O1.CNC1CCCN(SC(F)F)C1. The molecule has 0 amide bonds. The van der Waals surface area contributed by atoms with E-state index >= 15 is 0 Å². The normalized spacial score (nSPS) is 22.0. The van der Waals surface area contributed by atoms with E-state index in [9.17, 15) is 13.6 Å². The van der Waals surface area contributed by atoms with Crippen LogP contribution in [0.25, 0.3) is 22.3 Å². The van der Waals surface area contributed by atoms with Gasteiger partial charge in [0.25, 0.3) is 5.76 Å². The van der Waals surface area contributed by atoms with Crippen LogP contribution in [0.3, 0.4) is 0 Å². The highest BCUT2D eigenvalue weighted by Gasteiger charge is 2.23.